The number of methoxy groups -OCH3 is 1. The van der Waals surface area contributed by atoms with Gasteiger partial charge in [-0.05, 0) is 42.4 Å². The van der Waals surface area contributed by atoms with Crippen molar-refractivity contribution >= 4 is 62.8 Å². The Morgan fingerprint density at radius 2 is 1.93 bits per heavy atom. The first kappa shape index (κ1) is 22.3. The highest BCUT2D eigenvalue weighted by molar-refractivity contribution is 7.80. The van der Waals surface area contributed by atoms with Gasteiger partial charge in [0, 0.05) is 37.6 Å². The number of aryl methyl sites for hydroxylation is 1. The van der Waals surface area contributed by atoms with Crippen LogP contribution in [-0.2, 0) is 17.7 Å². The minimum absolute atomic E-state index is 0.349. The Morgan fingerprint density at radius 1 is 1.21 bits per heavy atom. The zero-order valence-corrected chi connectivity index (χ0v) is 19.5. The lowest BCUT2D eigenvalue weighted by molar-refractivity contribution is 0.0602. The molecule has 0 unspecified atom stereocenters. The van der Waals surface area contributed by atoms with Crippen LogP contribution in [0, 0.1) is 0 Å². The van der Waals surface area contributed by atoms with Crippen LogP contribution in [0.1, 0.15) is 27.7 Å². The fraction of sp³-hybridized carbons (Fsp3) is 0.400. The Balaban J connectivity index is 1.57. The summed E-state index contributed by atoms with van der Waals surface area (Å²) >= 11 is 19.3. The highest BCUT2D eigenvalue weighted by Crippen LogP contribution is 2.30. The number of anilines is 1. The number of carbonyl (C=O) groups excluding carboxylic acids is 1. The molecule has 1 saturated heterocycles. The normalized spacial score (nSPS) is 14.7. The molecule has 156 valence electrons. The molecule has 1 N–H and O–H groups in total. The van der Waals surface area contributed by atoms with Crippen LogP contribution in [0.25, 0.3) is 0 Å². The zero-order chi connectivity index (χ0) is 21.0. The monoisotopic (exact) mass is 471 g/mol. The van der Waals surface area contributed by atoms with Crippen molar-refractivity contribution in [2.75, 3.05) is 38.6 Å². The lowest BCUT2D eigenvalue weighted by Gasteiger charge is -2.36. The summed E-state index contributed by atoms with van der Waals surface area (Å²) in [5.74, 6) is -0.349. The first-order valence-corrected chi connectivity index (χ1v) is 11.3. The predicted octanol–water partition coefficient (Wildman–Crippen LogP) is 4.92. The molecule has 2 aromatic rings. The molecule has 9 heteroatoms. The van der Waals surface area contributed by atoms with Crippen molar-refractivity contribution in [2.45, 2.75) is 19.9 Å². The van der Waals surface area contributed by atoms with E-state index in [9.17, 15) is 4.79 Å². The summed E-state index contributed by atoms with van der Waals surface area (Å²) in [6.07, 6.45) is 0.858. The third-order valence-corrected chi connectivity index (χ3v) is 7.10. The zero-order valence-electron chi connectivity index (χ0n) is 16.3. The average molecular weight is 472 g/mol. The van der Waals surface area contributed by atoms with E-state index in [-0.39, 0.29) is 5.97 Å². The van der Waals surface area contributed by atoms with Gasteiger partial charge < -0.3 is 15.0 Å². The number of piperazine rings is 1. The maximum atomic E-state index is 12.0. The van der Waals surface area contributed by atoms with Crippen molar-refractivity contribution in [3.63, 3.8) is 0 Å². The topological polar surface area (TPSA) is 44.8 Å². The van der Waals surface area contributed by atoms with E-state index in [0.717, 1.165) is 54.6 Å². The minimum Gasteiger partial charge on any atom is -0.465 e. The average Bonchev–Trinajstić information content (AvgIpc) is 3.13. The number of nitrogens with zero attached hydrogens (tertiary/aromatic N) is 2. The van der Waals surface area contributed by atoms with Crippen molar-refractivity contribution in [2.24, 2.45) is 0 Å². The SMILES string of the molecule is CCc1cc(C(=O)OC)c(NC(=S)N2CCN(Cc3ccc(Cl)c(Cl)c3)CC2)s1. The number of thiocarbonyl (C=S) groups is 1. The second-order valence-corrected chi connectivity index (χ2v) is 9.08. The minimum atomic E-state index is -0.349. The maximum absolute atomic E-state index is 12.0. The first-order valence-electron chi connectivity index (χ1n) is 9.34. The van der Waals surface area contributed by atoms with Crippen LogP contribution < -0.4 is 5.32 Å². The van der Waals surface area contributed by atoms with Crippen molar-refractivity contribution in [1.29, 1.82) is 0 Å². The Kier molecular flexibility index (Phi) is 7.76. The highest BCUT2D eigenvalue weighted by atomic mass is 35.5. The highest BCUT2D eigenvalue weighted by Gasteiger charge is 2.22. The Labute approximate surface area is 190 Å². The van der Waals surface area contributed by atoms with Gasteiger partial charge in [0.15, 0.2) is 5.11 Å². The van der Waals surface area contributed by atoms with E-state index in [2.05, 4.69) is 22.0 Å². The molecule has 0 saturated carbocycles. The molecule has 5 nitrogen and oxygen atoms in total. The van der Waals surface area contributed by atoms with Crippen LogP contribution in [0.5, 0.6) is 0 Å². The Hall–Kier alpha value is -1.38. The summed E-state index contributed by atoms with van der Waals surface area (Å²) in [4.78, 5) is 17.7. The number of benzene rings is 1. The summed E-state index contributed by atoms with van der Waals surface area (Å²) in [7, 11) is 1.39. The van der Waals surface area contributed by atoms with Gasteiger partial charge in [-0.15, -0.1) is 11.3 Å². The van der Waals surface area contributed by atoms with Gasteiger partial charge in [0.1, 0.15) is 5.00 Å². The molecule has 0 atom stereocenters. The number of esters is 1. The van der Waals surface area contributed by atoms with Crippen LogP contribution in [-0.4, -0.2) is 54.2 Å². The largest absolute Gasteiger partial charge is 0.465 e. The number of carbonyl (C=O) groups is 1. The molecule has 0 radical (unpaired) electrons. The molecule has 1 fully saturated rings. The number of nitrogens with one attached hydrogen (secondary N) is 1. The number of rotatable bonds is 5. The van der Waals surface area contributed by atoms with Crippen molar-refractivity contribution in [3.05, 3.63) is 50.3 Å². The van der Waals surface area contributed by atoms with Gasteiger partial charge in [0.25, 0.3) is 0 Å². The summed E-state index contributed by atoms with van der Waals surface area (Å²) < 4.78 is 4.89. The van der Waals surface area contributed by atoms with Crippen LogP contribution in [0.15, 0.2) is 24.3 Å². The molecule has 1 aromatic heterocycles. The molecule has 3 rings (SSSR count). The number of thiophene rings is 1. The summed E-state index contributed by atoms with van der Waals surface area (Å²) in [6, 6.07) is 7.62. The van der Waals surface area contributed by atoms with Crippen LogP contribution in [0.4, 0.5) is 5.00 Å². The van der Waals surface area contributed by atoms with Gasteiger partial charge in [0.05, 0.1) is 22.7 Å². The fourth-order valence-corrected chi connectivity index (χ4v) is 4.81. The number of halogens is 2. The van der Waals surface area contributed by atoms with Gasteiger partial charge in [-0.25, -0.2) is 4.79 Å². The van der Waals surface area contributed by atoms with Crippen LogP contribution in [0.2, 0.25) is 10.0 Å². The lowest BCUT2D eigenvalue weighted by Crippen LogP contribution is -2.49. The molecule has 0 amide bonds. The van der Waals surface area contributed by atoms with Gasteiger partial charge in [-0.1, -0.05) is 36.2 Å². The second-order valence-electron chi connectivity index (χ2n) is 6.74. The predicted molar refractivity (Wildman–Crippen MR) is 125 cm³/mol. The van der Waals surface area contributed by atoms with E-state index in [1.54, 1.807) is 11.3 Å². The first-order chi connectivity index (χ1) is 13.9. The molecule has 0 bridgehead atoms. The molecule has 1 aliphatic heterocycles. The summed E-state index contributed by atoms with van der Waals surface area (Å²) in [5, 5.41) is 5.79. The molecule has 2 heterocycles. The number of hydrogen-bond acceptors (Lipinski definition) is 5. The maximum Gasteiger partial charge on any atom is 0.340 e. The molecular weight excluding hydrogens is 449 g/mol. The van der Waals surface area contributed by atoms with Gasteiger partial charge in [0.2, 0.25) is 0 Å². The number of ether oxygens (including phenoxy) is 1. The molecule has 0 aliphatic carbocycles. The van der Waals surface area contributed by atoms with Gasteiger partial charge in [-0.2, -0.15) is 0 Å². The third kappa shape index (κ3) is 5.61. The molecule has 29 heavy (non-hydrogen) atoms. The quantitative estimate of drug-likeness (QED) is 0.493. The van der Waals surface area contributed by atoms with Gasteiger partial charge in [-0.3, -0.25) is 4.90 Å². The smallest absolute Gasteiger partial charge is 0.340 e. The number of hydrogen-bond donors (Lipinski definition) is 1. The van der Waals surface area contributed by atoms with Crippen molar-refractivity contribution in [3.8, 4) is 0 Å². The Morgan fingerprint density at radius 3 is 2.55 bits per heavy atom. The van der Waals surface area contributed by atoms with E-state index >= 15 is 0 Å². The molecule has 0 spiro atoms. The molecule has 1 aliphatic rings. The third-order valence-electron chi connectivity index (χ3n) is 4.81. The van der Waals surface area contributed by atoms with E-state index in [1.807, 2.05) is 24.3 Å². The summed E-state index contributed by atoms with van der Waals surface area (Å²) in [6.45, 7) is 6.27. The van der Waals surface area contributed by atoms with Crippen LogP contribution in [0.3, 0.4) is 0 Å². The van der Waals surface area contributed by atoms with Crippen molar-refractivity contribution in [1.82, 2.24) is 9.80 Å². The standard InChI is InChI=1S/C20H23Cl2N3O2S2/c1-3-14-11-15(19(26)27-2)18(29-14)23-20(28)25-8-6-24(7-9-25)12-13-4-5-16(21)17(22)10-13/h4-5,10-11H,3,6-9,12H2,1-2H3,(H,23,28). The van der Waals surface area contributed by atoms with Gasteiger partial charge >= 0.3 is 5.97 Å². The summed E-state index contributed by atoms with van der Waals surface area (Å²) in [5.41, 5.74) is 1.68. The molecule has 1 aromatic carbocycles. The molecular formula is C20H23Cl2N3O2S2. The van der Waals surface area contributed by atoms with Crippen LogP contribution >= 0.6 is 46.8 Å². The Bertz CT molecular complexity index is 896. The van der Waals surface area contributed by atoms with E-state index in [4.69, 9.17) is 40.2 Å². The van der Waals surface area contributed by atoms with E-state index in [1.165, 1.54) is 7.11 Å². The van der Waals surface area contributed by atoms with Crippen molar-refractivity contribution < 1.29 is 9.53 Å². The van der Waals surface area contributed by atoms with E-state index in [0.29, 0.717) is 20.7 Å². The lowest BCUT2D eigenvalue weighted by atomic mass is 10.2. The second kappa shape index (κ2) is 10.1. The fourth-order valence-electron chi connectivity index (χ4n) is 3.15. The van der Waals surface area contributed by atoms with E-state index < -0.39 is 0 Å².